The lowest BCUT2D eigenvalue weighted by atomic mass is 9.91. The molecule has 1 atom stereocenters. The molecule has 0 bridgehead atoms. The quantitative estimate of drug-likeness (QED) is 0.437. The largest absolute Gasteiger partial charge is 0.507 e. The van der Waals surface area contributed by atoms with E-state index in [2.05, 4.69) is 43.1 Å². The van der Waals surface area contributed by atoms with Gasteiger partial charge in [0.1, 0.15) is 10.4 Å². The lowest BCUT2D eigenvalue weighted by Crippen LogP contribution is -2.05. The van der Waals surface area contributed by atoms with Crippen LogP contribution in [-0.2, 0) is 0 Å². The number of fused-ring (bicyclic) bond motifs is 3. The van der Waals surface area contributed by atoms with E-state index in [0.717, 1.165) is 45.8 Å². The molecule has 0 saturated carbocycles. The molecule has 2 aromatic heterocycles. The summed E-state index contributed by atoms with van der Waals surface area (Å²) in [6, 6.07) is 12.2. The minimum atomic E-state index is -0.0732. The van der Waals surface area contributed by atoms with E-state index < -0.39 is 0 Å². The van der Waals surface area contributed by atoms with Gasteiger partial charge in [0.05, 0.1) is 5.52 Å². The first-order valence-electron chi connectivity index (χ1n) is 9.37. The van der Waals surface area contributed by atoms with Crippen LogP contribution >= 0.6 is 11.3 Å². The third-order valence-electron chi connectivity index (χ3n) is 5.37. The van der Waals surface area contributed by atoms with Gasteiger partial charge in [-0.15, -0.1) is 11.3 Å². The monoisotopic (exact) mass is 377 g/mol. The molecule has 0 aliphatic heterocycles. The summed E-state index contributed by atoms with van der Waals surface area (Å²) in [4.78, 5) is 15.4. The van der Waals surface area contributed by atoms with Gasteiger partial charge in [-0.3, -0.25) is 4.79 Å². The maximum absolute atomic E-state index is 12.4. The number of H-pyrrole nitrogens is 1. The van der Waals surface area contributed by atoms with E-state index in [0.29, 0.717) is 10.6 Å². The van der Waals surface area contributed by atoms with E-state index in [1.165, 1.54) is 16.9 Å². The van der Waals surface area contributed by atoms with Crippen LogP contribution in [0.2, 0.25) is 0 Å². The first-order valence-corrected chi connectivity index (χ1v) is 10.2. The summed E-state index contributed by atoms with van der Waals surface area (Å²) in [6.45, 7) is 6.36. The molecule has 0 spiro atoms. The summed E-state index contributed by atoms with van der Waals surface area (Å²) in [7, 11) is 0. The molecule has 4 rings (SSSR count). The number of aromatic hydroxyl groups is 1. The van der Waals surface area contributed by atoms with Gasteiger partial charge in [0.25, 0.3) is 5.56 Å². The summed E-state index contributed by atoms with van der Waals surface area (Å²) in [6.07, 6.45) is 2.32. The van der Waals surface area contributed by atoms with Crippen LogP contribution in [0.15, 0.2) is 46.6 Å². The van der Waals surface area contributed by atoms with Gasteiger partial charge in [-0.2, -0.15) is 0 Å². The predicted molar refractivity (Wildman–Crippen MR) is 115 cm³/mol. The van der Waals surface area contributed by atoms with E-state index in [-0.39, 0.29) is 11.3 Å². The average molecular weight is 378 g/mol. The van der Waals surface area contributed by atoms with Crippen LogP contribution < -0.4 is 5.56 Å². The molecule has 0 fully saturated rings. The summed E-state index contributed by atoms with van der Waals surface area (Å²) in [5, 5.41) is 14.5. The van der Waals surface area contributed by atoms with Crippen LogP contribution in [0.5, 0.6) is 5.75 Å². The summed E-state index contributed by atoms with van der Waals surface area (Å²) < 4.78 is 0.696. The fourth-order valence-electron chi connectivity index (χ4n) is 3.95. The van der Waals surface area contributed by atoms with Crippen LogP contribution in [0.4, 0.5) is 0 Å². The Labute approximate surface area is 162 Å². The molecule has 2 heterocycles. The van der Waals surface area contributed by atoms with Crippen LogP contribution in [-0.4, -0.2) is 10.1 Å². The Balaban J connectivity index is 1.99. The SMILES string of the molecule is CCC[C@@H](C)c1ccc(-c2c(O)cc(C)c3[nH]c(=O)c4sccc4c23)cc1. The molecular weight excluding hydrogens is 354 g/mol. The van der Waals surface area contributed by atoms with Crippen molar-refractivity contribution < 1.29 is 5.11 Å². The highest BCUT2D eigenvalue weighted by atomic mass is 32.1. The number of rotatable bonds is 4. The lowest BCUT2D eigenvalue weighted by Gasteiger charge is -2.15. The van der Waals surface area contributed by atoms with Gasteiger partial charge in [-0.1, -0.05) is 44.5 Å². The van der Waals surface area contributed by atoms with Crippen LogP contribution in [0.3, 0.4) is 0 Å². The van der Waals surface area contributed by atoms with Gasteiger partial charge in [-0.05, 0) is 53.5 Å². The Morgan fingerprint density at radius 3 is 2.63 bits per heavy atom. The molecule has 0 unspecified atom stereocenters. The molecule has 0 aliphatic carbocycles. The zero-order chi connectivity index (χ0) is 19.1. The second-order valence-electron chi connectivity index (χ2n) is 7.27. The summed E-state index contributed by atoms with van der Waals surface area (Å²) in [5.74, 6) is 0.765. The first-order chi connectivity index (χ1) is 13.0. The van der Waals surface area contributed by atoms with Gasteiger partial charge in [-0.25, -0.2) is 0 Å². The molecule has 0 amide bonds. The Morgan fingerprint density at radius 2 is 1.93 bits per heavy atom. The van der Waals surface area contributed by atoms with Gasteiger partial charge in [0.15, 0.2) is 0 Å². The third kappa shape index (κ3) is 2.94. The van der Waals surface area contributed by atoms with Gasteiger partial charge in [0.2, 0.25) is 0 Å². The van der Waals surface area contributed by atoms with Gasteiger partial charge >= 0.3 is 0 Å². The van der Waals surface area contributed by atoms with E-state index in [1.807, 2.05) is 18.4 Å². The number of phenols is 1. The number of aromatic amines is 1. The lowest BCUT2D eigenvalue weighted by molar-refractivity contribution is 0.477. The Morgan fingerprint density at radius 1 is 1.19 bits per heavy atom. The van der Waals surface area contributed by atoms with Crippen molar-refractivity contribution >= 4 is 32.3 Å². The third-order valence-corrected chi connectivity index (χ3v) is 6.29. The summed E-state index contributed by atoms with van der Waals surface area (Å²) in [5.41, 5.74) is 4.64. The molecule has 4 aromatic rings. The molecule has 2 N–H and O–H groups in total. The van der Waals surface area contributed by atoms with Crippen molar-refractivity contribution in [2.45, 2.75) is 39.5 Å². The number of aryl methyl sites for hydroxylation is 1. The molecule has 4 heteroatoms. The smallest absolute Gasteiger partial charge is 0.266 e. The zero-order valence-corrected chi connectivity index (χ0v) is 16.6. The highest BCUT2D eigenvalue weighted by Crippen LogP contribution is 2.41. The number of pyridine rings is 1. The highest BCUT2D eigenvalue weighted by molar-refractivity contribution is 7.17. The van der Waals surface area contributed by atoms with Crippen molar-refractivity contribution in [2.75, 3.05) is 0 Å². The van der Waals surface area contributed by atoms with Gasteiger partial charge < -0.3 is 10.1 Å². The fraction of sp³-hybridized carbons (Fsp3) is 0.261. The molecule has 0 saturated heterocycles. The Kier molecular flexibility index (Phi) is 4.52. The van der Waals surface area contributed by atoms with Crippen LogP contribution in [0, 0.1) is 6.92 Å². The number of thiophene rings is 1. The number of phenolic OH excluding ortho intramolecular Hbond substituents is 1. The Hall–Kier alpha value is -2.59. The molecule has 138 valence electrons. The predicted octanol–water partition coefficient (Wildman–Crippen LogP) is 6.33. The minimum absolute atomic E-state index is 0.0732. The van der Waals surface area contributed by atoms with Crippen LogP contribution in [0.25, 0.3) is 32.1 Å². The van der Waals surface area contributed by atoms with E-state index in [4.69, 9.17) is 0 Å². The molecule has 2 aromatic carbocycles. The number of aromatic nitrogens is 1. The van der Waals surface area contributed by atoms with E-state index in [9.17, 15) is 9.90 Å². The molecule has 27 heavy (non-hydrogen) atoms. The number of benzene rings is 2. The highest BCUT2D eigenvalue weighted by Gasteiger charge is 2.17. The maximum Gasteiger partial charge on any atom is 0.266 e. The van der Waals surface area contributed by atoms with Crippen molar-refractivity contribution in [1.29, 1.82) is 0 Å². The Bertz CT molecular complexity index is 1190. The molecular formula is C23H23NO2S. The van der Waals surface area contributed by atoms with Crippen molar-refractivity contribution in [1.82, 2.24) is 4.98 Å². The standard InChI is InChI=1S/C23H23NO2S/c1-4-5-13(2)15-6-8-16(9-7-15)19-18(25)12-14(3)21-20(19)17-10-11-27-22(17)23(26)24-21/h6-13,25H,4-5H2,1-3H3,(H,24,26)/t13-/m1/s1. The van der Waals surface area contributed by atoms with Crippen LogP contribution in [0.1, 0.15) is 43.7 Å². The van der Waals surface area contributed by atoms with Crippen molar-refractivity contribution in [3.05, 3.63) is 63.3 Å². The first kappa shape index (κ1) is 17.8. The van der Waals surface area contributed by atoms with Crippen molar-refractivity contribution in [3.63, 3.8) is 0 Å². The normalized spacial score (nSPS) is 12.7. The number of hydrogen-bond donors (Lipinski definition) is 2. The molecule has 0 aliphatic rings. The fourth-order valence-corrected chi connectivity index (χ4v) is 4.75. The van der Waals surface area contributed by atoms with Crippen molar-refractivity contribution in [2.24, 2.45) is 0 Å². The van der Waals surface area contributed by atoms with Gasteiger partial charge in [0, 0.05) is 16.3 Å². The maximum atomic E-state index is 12.4. The number of nitrogens with one attached hydrogen (secondary N) is 1. The second kappa shape index (κ2) is 6.86. The van der Waals surface area contributed by atoms with E-state index in [1.54, 1.807) is 6.07 Å². The molecule has 3 nitrogen and oxygen atoms in total. The summed E-state index contributed by atoms with van der Waals surface area (Å²) >= 11 is 1.43. The van der Waals surface area contributed by atoms with Crippen molar-refractivity contribution in [3.8, 4) is 16.9 Å². The second-order valence-corrected chi connectivity index (χ2v) is 8.18. The number of hydrogen-bond acceptors (Lipinski definition) is 3. The zero-order valence-electron chi connectivity index (χ0n) is 15.8. The molecule has 0 radical (unpaired) electrons. The average Bonchev–Trinajstić information content (AvgIpc) is 3.14. The van der Waals surface area contributed by atoms with E-state index >= 15 is 0 Å². The topological polar surface area (TPSA) is 53.1 Å². The minimum Gasteiger partial charge on any atom is -0.507 e.